The predicted molar refractivity (Wildman–Crippen MR) is 68.1 cm³/mol. The third kappa shape index (κ3) is 4.45. The fourth-order valence-electron chi connectivity index (χ4n) is 2.23. The average molecular weight is 240 g/mol. The summed E-state index contributed by atoms with van der Waals surface area (Å²) in [5.41, 5.74) is 0.672. The van der Waals surface area contributed by atoms with Crippen LogP contribution < -0.4 is 0 Å². The molecule has 1 unspecified atom stereocenters. The van der Waals surface area contributed by atoms with Crippen molar-refractivity contribution in [2.24, 2.45) is 0 Å². The first-order valence-electron chi connectivity index (χ1n) is 6.64. The predicted octanol–water partition coefficient (Wildman–Crippen LogP) is 5.43. The van der Waals surface area contributed by atoms with Crippen molar-refractivity contribution in [3.05, 3.63) is 35.4 Å². The van der Waals surface area contributed by atoms with Gasteiger partial charge >= 0.3 is 0 Å². The van der Waals surface area contributed by atoms with E-state index in [9.17, 15) is 8.78 Å². The highest BCUT2D eigenvalue weighted by molar-refractivity contribution is 5.22. The van der Waals surface area contributed by atoms with E-state index < -0.39 is 11.6 Å². The lowest BCUT2D eigenvalue weighted by atomic mass is 9.90. The summed E-state index contributed by atoms with van der Waals surface area (Å²) in [5, 5.41) is 0. The normalized spacial score (nSPS) is 12.7. The molecule has 0 nitrogen and oxygen atoms in total. The zero-order chi connectivity index (χ0) is 12.7. The number of halogens is 2. The van der Waals surface area contributed by atoms with Gasteiger partial charge in [-0.05, 0) is 30.4 Å². The van der Waals surface area contributed by atoms with E-state index in [1.165, 1.54) is 25.3 Å². The summed E-state index contributed by atoms with van der Waals surface area (Å²) in [6.45, 7) is 4.24. The third-order valence-electron chi connectivity index (χ3n) is 3.30. The molecule has 1 rings (SSSR count). The van der Waals surface area contributed by atoms with Crippen LogP contribution in [0.3, 0.4) is 0 Å². The van der Waals surface area contributed by atoms with Crippen molar-refractivity contribution in [1.29, 1.82) is 0 Å². The van der Waals surface area contributed by atoms with Gasteiger partial charge in [-0.15, -0.1) is 0 Å². The highest BCUT2D eigenvalue weighted by Crippen LogP contribution is 2.28. The molecule has 0 saturated heterocycles. The van der Waals surface area contributed by atoms with Crippen LogP contribution >= 0.6 is 0 Å². The van der Waals surface area contributed by atoms with Crippen molar-refractivity contribution in [3.63, 3.8) is 0 Å². The Bertz CT molecular complexity index is 334. The van der Waals surface area contributed by atoms with Crippen molar-refractivity contribution in [3.8, 4) is 0 Å². The van der Waals surface area contributed by atoms with Gasteiger partial charge in [0.2, 0.25) is 0 Å². The van der Waals surface area contributed by atoms with E-state index in [-0.39, 0.29) is 5.92 Å². The largest absolute Gasteiger partial charge is 0.207 e. The summed E-state index contributed by atoms with van der Waals surface area (Å²) in [6, 6.07) is 3.94. The van der Waals surface area contributed by atoms with Crippen LogP contribution in [0.2, 0.25) is 0 Å². The third-order valence-corrected chi connectivity index (χ3v) is 3.30. The van der Waals surface area contributed by atoms with E-state index in [4.69, 9.17) is 0 Å². The second kappa shape index (κ2) is 7.41. The topological polar surface area (TPSA) is 0 Å². The molecule has 0 amide bonds. The number of unbranched alkanes of at least 4 members (excludes halogenated alkanes) is 3. The van der Waals surface area contributed by atoms with Crippen LogP contribution in [-0.4, -0.2) is 0 Å². The SMILES string of the molecule is CCCCCCC(CC)c1ccc(F)cc1F. The molecular formula is C15H22F2. The molecule has 0 aliphatic heterocycles. The van der Waals surface area contributed by atoms with Crippen molar-refractivity contribution < 1.29 is 8.78 Å². The van der Waals surface area contributed by atoms with Gasteiger partial charge in [-0.1, -0.05) is 45.6 Å². The Hall–Kier alpha value is -0.920. The molecule has 1 atom stereocenters. The van der Waals surface area contributed by atoms with E-state index in [1.807, 2.05) is 0 Å². The monoisotopic (exact) mass is 240 g/mol. The molecular weight excluding hydrogens is 218 g/mol. The van der Waals surface area contributed by atoms with E-state index in [0.29, 0.717) is 5.56 Å². The fraction of sp³-hybridized carbons (Fsp3) is 0.600. The average Bonchev–Trinajstić information content (AvgIpc) is 2.31. The summed E-state index contributed by atoms with van der Waals surface area (Å²) < 4.78 is 26.5. The van der Waals surface area contributed by atoms with Crippen molar-refractivity contribution in [1.82, 2.24) is 0 Å². The molecule has 0 saturated carbocycles. The molecule has 0 aliphatic carbocycles. The summed E-state index contributed by atoms with van der Waals surface area (Å²) in [5.74, 6) is -0.660. The van der Waals surface area contributed by atoms with Crippen LogP contribution in [0.4, 0.5) is 8.78 Å². The van der Waals surface area contributed by atoms with Crippen LogP contribution in [0.1, 0.15) is 63.9 Å². The molecule has 17 heavy (non-hydrogen) atoms. The maximum atomic E-state index is 13.6. The molecule has 0 spiro atoms. The molecule has 2 heteroatoms. The maximum Gasteiger partial charge on any atom is 0.129 e. The van der Waals surface area contributed by atoms with Gasteiger partial charge in [-0.25, -0.2) is 8.78 Å². The molecule has 0 radical (unpaired) electrons. The molecule has 0 aromatic heterocycles. The molecule has 1 aromatic carbocycles. The second-order valence-electron chi connectivity index (χ2n) is 4.62. The first-order chi connectivity index (χ1) is 8.19. The quantitative estimate of drug-likeness (QED) is 0.557. The van der Waals surface area contributed by atoms with Crippen LogP contribution in [0.5, 0.6) is 0 Å². The van der Waals surface area contributed by atoms with Gasteiger partial charge in [-0.2, -0.15) is 0 Å². The Morgan fingerprint density at radius 1 is 1.06 bits per heavy atom. The molecule has 0 bridgehead atoms. The van der Waals surface area contributed by atoms with Crippen LogP contribution in [0.15, 0.2) is 18.2 Å². The van der Waals surface area contributed by atoms with E-state index in [2.05, 4.69) is 13.8 Å². The number of rotatable bonds is 7. The van der Waals surface area contributed by atoms with E-state index >= 15 is 0 Å². The maximum absolute atomic E-state index is 13.6. The summed E-state index contributed by atoms with van der Waals surface area (Å²) in [4.78, 5) is 0. The highest BCUT2D eigenvalue weighted by atomic mass is 19.1. The minimum atomic E-state index is -0.493. The van der Waals surface area contributed by atoms with Crippen molar-refractivity contribution >= 4 is 0 Å². The summed E-state index contributed by atoms with van der Waals surface area (Å²) in [7, 11) is 0. The van der Waals surface area contributed by atoms with Crippen LogP contribution in [0, 0.1) is 11.6 Å². The Balaban J connectivity index is 2.59. The molecule has 1 aromatic rings. The smallest absolute Gasteiger partial charge is 0.129 e. The molecule has 0 fully saturated rings. The lowest BCUT2D eigenvalue weighted by molar-refractivity contribution is 0.505. The van der Waals surface area contributed by atoms with Crippen LogP contribution in [-0.2, 0) is 0 Å². The van der Waals surface area contributed by atoms with Crippen molar-refractivity contribution in [2.75, 3.05) is 0 Å². The van der Waals surface area contributed by atoms with Gasteiger partial charge in [0.1, 0.15) is 11.6 Å². The van der Waals surface area contributed by atoms with Gasteiger partial charge in [0.05, 0.1) is 0 Å². The minimum Gasteiger partial charge on any atom is -0.207 e. The zero-order valence-electron chi connectivity index (χ0n) is 10.8. The lowest BCUT2D eigenvalue weighted by Crippen LogP contribution is -2.01. The Kier molecular flexibility index (Phi) is 6.17. The number of hydrogen-bond donors (Lipinski definition) is 0. The standard InChI is InChI=1S/C15H22F2/c1-3-5-6-7-8-12(4-2)14-10-9-13(16)11-15(14)17/h9-12H,3-8H2,1-2H3. The first kappa shape index (κ1) is 14.1. The number of benzene rings is 1. The highest BCUT2D eigenvalue weighted by Gasteiger charge is 2.14. The van der Waals surface area contributed by atoms with Gasteiger partial charge in [0.15, 0.2) is 0 Å². The van der Waals surface area contributed by atoms with Crippen LogP contribution in [0.25, 0.3) is 0 Å². The summed E-state index contributed by atoms with van der Waals surface area (Å²) in [6.07, 6.45) is 6.69. The van der Waals surface area contributed by atoms with E-state index in [0.717, 1.165) is 25.3 Å². The molecule has 0 aliphatic rings. The Labute approximate surface area is 103 Å². The summed E-state index contributed by atoms with van der Waals surface area (Å²) >= 11 is 0. The first-order valence-corrected chi connectivity index (χ1v) is 6.64. The Morgan fingerprint density at radius 2 is 1.82 bits per heavy atom. The zero-order valence-corrected chi connectivity index (χ0v) is 10.8. The number of hydrogen-bond acceptors (Lipinski definition) is 0. The lowest BCUT2D eigenvalue weighted by Gasteiger charge is -2.16. The molecule has 0 N–H and O–H groups in total. The minimum absolute atomic E-state index is 0.229. The van der Waals surface area contributed by atoms with Gasteiger partial charge in [0, 0.05) is 6.07 Å². The van der Waals surface area contributed by atoms with Crippen molar-refractivity contribution in [2.45, 2.75) is 58.3 Å². The molecule has 96 valence electrons. The van der Waals surface area contributed by atoms with Gasteiger partial charge in [0.25, 0.3) is 0 Å². The second-order valence-corrected chi connectivity index (χ2v) is 4.62. The molecule has 0 heterocycles. The fourth-order valence-corrected chi connectivity index (χ4v) is 2.23. The van der Waals surface area contributed by atoms with Gasteiger partial charge in [-0.3, -0.25) is 0 Å². The van der Waals surface area contributed by atoms with Gasteiger partial charge < -0.3 is 0 Å². The Morgan fingerprint density at radius 3 is 2.41 bits per heavy atom. The van der Waals surface area contributed by atoms with E-state index in [1.54, 1.807) is 6.07 Å².